The topological polar surface area (TPSA) is 46.5 Å². The molecule has 0 aliphatic rings. The molecule has 0 bridgehead atoms. The highest BCUT2D eigenvalue weighted by Gasteiger charge is 2.02. The van der Waals surface area contributed by atoms with Crippen molar-refractivity contribution >= 4 is 5.97 Å². The molecule has 0 aliphatic heterocycles. The molecule has 1 N–H and O–H groups in total. The summed E-state index contributed by atoms with van der Waals surface area (Å²) in [6.07, 6.45) is 0. The van der Waals surface area contributed by atoms with E-state index in [9.17, 15) is 9.18 Å². The van der Waals surface area contributed by atoms with Gasteiger partial charge in [0.15, 0.2) is 11.6 Å². The molecule has 0 saturated carbocycles. The van der Waals surface area contributed by atoms with Crippen LogP contribution in [0.1, 0.15) is 12.5 Å². The smallest absolute Gasteiger partial charge is 0.302 e. The van der Waals surface area contributed by atoms with Gasteiger partial charge >= 0.3 is 5.97 Å². The van der Waals surface area contributed by atoms with Gasteiger partial charge in [0.25, 0.3) is 0 Å². The normalized spacial score (nSPS) is 9.69. The molecule has 0 heterocycles. The first-order valence-electron chi connectivity index (χ1n) is 3.70. The Bertz CT molecular complexity index is 323. The van der Waals surface area contributed by atoms with Gasteiger partial charge in [0.05, 0.1) is 0 Å². The van der Waals surface area contributed by atoms with Gasteiger partial charge in [0.2, 0.25) is 0 Å². The highest BCUT2D eigenvalue weighted by atomic mass is 19.1. The minimum absolute atomic E-state index is 0.0448. The van der Waals surface area contributed by atoms with Crippen LogP contribution in [-0.4, -0.2) is 11.1 Å². The number of ether oxygens (including phenoxy) is 1. The van der Waals surface area contributed by atoms with Gasteiger partial charge in [0.1, 0.15) is 6.61 Å². The van der Waals surface area contributed by atoms with Crippen LogP contribution in [0.4, 0.5) is 4.39 Å². The molecule has 4 heteroatoms. The van der Waals surface area contributed by atoms with Crippen molar-refractivity contribution in [1.82, 2.24) is 0 Å². The summed E-state index contributed by atoms with van der Waals surface area (Å²) in [5.74, 6) is -1.54. The van der Waals surface area contributed by atoms with Crippen LogP contribution in [0.2, 0.25) is 0 Å². The van der Waals surface area contributed by atoms with Crippen molar-refractivity contribution in [3.05, 3.63) is 29.6 Å². The monoisotopic (exact) mass is 184 g/mol. The van der Waals surface area contributed by atoms with E-state index in [0.29, 0.717) is 5.56 Å². The quantitative estimate of drug-likeness (QED) is 0.710. The lowest BCUT2D eigenvalue weighted by atomic mass is 10.2. The fourth-order valence-electron chi connectivity index (χ4n) is 0.833. The largest absolute Gasteiger partial charge is 0.505 e. The number of benzene rings is 1. The Morgan fingerprint density at radius 2 is 2.31 bits per heavy atom. The molecule has 0 saturated heterocycles. The molecule has 0 unspecified atom stereocenters. The van der Waals surface area contributed by atoms with E-state index in [1.165, 1.54) is 19.1 Å². The number of esters is 1. The lowest BCUT2D eigenvalue weighted by molar-refractivity contribution is -0.142. The van der Waals surface area contributed by atoms with Gasteiger partial charge in [-0.3, -0.25) is 4.79 Å². The first-order chi connectivity index (χ1) is 6.09. The number of hydrogen-bond acceptors (Lipinski definition) is 3. The predicted molar refractivity (Wildman–Crippen MR) is 43.5 cm³/mol. The summed E-state index contributed by atoms with van der Waals surface area (Å²) in [5, 5.41) is 8.95. The fraction of sp³-hybridized carbons (Fsp3) is 0.222. The summed E-state index contributed by atoms with van der Waals surface area (Å²) in [6.45, 7) is 1.33. The molecule has 0 aromatic heterocycles. The Balaban J connectivity index is 2.68. The number of carbonyl (C=O) groups is 1. The summed E-state index contributed by atoms with van der Waals surface area (Å²) in [7, 11) is 0. The van der Waals surface area contributed by atoms with Crippen LogP contribution in [0.3, 0.4) is 0 Å². The van der Waals surface area contributed by atoms with E-state index in [0.717, 1.165) is 6.07 Å². The van der Waals surface area contributed by atoms with E-state index >= 15 is 0 Å². The second kappa shape index (κ2) is 3.89. The maximum Gasteiger partial charge on any atom is 0.302 e. The SMILES string of the molecule is CC(=O)OCc1ccc(F)c(O)c1. The molecule has 0 aliphatic carbocycles. The highest BCUT2D eigenvalue weighted by Crippen LogP contribution is 2.16. The number of carbonyl (C=O) groups excluding carboxylic acids is 1. The lowest BCUT2D eigenvalue weighted by Crippen LogP contribution is -1.98. The van der Waals surface area contributed by atoms with Crippen LogP contribution in [0.25, 0.3) is 0 Å². The minimum Gasteiger partial charge on any atom is -0.505 e. The third kappa shape index (κ3) is 2.74. The number of aromatic hydroxyl groups is 1. The third-order valence-corrected chi connectivity index (χ3v) is 1.45. The maximum atomic E-state index is 12.5. The van der Waals surface area contributed by atoms with Crippen LogP contribution in [0.5, 0.6) is 5.75 Å². The van der Waals surface area contributed by atoms with Crippen LogP contribution >= 0.6 is 0 Å². The molecule has 13 heavy (non-hydrogen) atoms. The molecular formula is C9H9FO3. The van der Waals surface area contributed by atoms with Crippen molar-refractivity contribution in [3.63, 3.8) is 0 Å². The molecule has 1 aromatic carbocycles. The van der Waals surface area contributed by atoms with Crippen molar-refractivity contribution in [2.45, 2.75) is 13.5 Å². The molecule has 0 fully saturated rings. The zero-order chi connectivity index (χ0) is 9.84. The van der Waals surface area contributed by atoms with E-state index in [1.807, 2.05) is 0 Å². The predicted octanol–water partition coefficient (Wildman–Crippen LogP) is 1.59. The van der Waals surface area contributed by atoms with Gasteiger partial charge < -0.3 is 9.84 Å². The zero-order valence-electron chi connectivity index (χ0n) is 7.08. The summed E-state index contributed by atoms with van der Waals surface area (Å²) in [6, 6.07) is 3.78. The minimum atomic E-state index is -0.688. The first-order valence-corrected chi connectivity index (χ1v) is 3.70. The number of rotatable bonds is 2. The number of phenolic OH excluding ortho intramolecular Hbond substituents is 1. The Hall–Kier alpha value is -1.58. The van der Waals surface area contributed by atoms with Crippen molar-refractivity contribution in [2.75, 3.05) is 0 Å². The molecule has 0 amide bonds. The van der Waals surface area contributed by atoms with Crippen LogP contribution in [-0.2, 0) is 16.1 Å². The van der Waals surface area contributed by atoms with Crippen LogP contribution in [0, 0.1) is 5.82 Å². The van der Waals surface area contributed by atoms with Crippen molar-refractivity contribution in [3.8, 4) is 5.75 Å². The second-order valence-corrected chi connectivity index (χ2v) is 2.57. The fourth-order valence-corrected chi connectivity index (χ4v) is 0.833. The highest BCUT2D eigenvalue weighted by molar-refractivity contribution is 5.65. The Labute approximate surface area is 74.8 Å². The molecule has 70 valence electrons. The first kappa shape index (κ1) is 9.51. The molecule has 0 spiro atoms. The lowest BCUT2D eigenvalue weighted by Gasteiger charge is -2.02. The average Bonchev–Trinajstić information content (AvgIpc) is 2.07. The van der Waals surface area contributed by atoms with Crippen LogP contribution < -0.4 is 0 Å². The van der Waals surface area contributed by atoms with E-state index in [2.05, 4.69) is 4.74 Å². The van der Waals surface area contributed by atoms with Gasteiger partial charge in [0, 0.05) is 6.92 Å². The van der Waals surface area contributed by atoms with Gasteiger partial charge in [-0.1, -0.05) is 6.07 Å². The molecule has 0 radical (unpaired) electrons. The van der Waals surface area contributed by atoms with Gasteiger partial charge in [-0.15, -0.1) is 0 Å². The van der Waals surface area contributed by atoms with E-state index in [-0.39, 0.29) is 6.61 Å². The van der Waals surface area contributed by atoms with Crippen molar-refractivity contribution in [2.24, 2.45) is 0 Å². The Morgan fingerprint density at radius 1 is 1.62 bits per heavy atom. The van der Waals surface area contributed by atoms with Gasteiger partial charge in [-0.2, -0.15) is 0 Å². The summed E-state index contributed by atoms with van der Waals surface area (Å²) < 4.78 is 17.2. The second-order valence-electron chi connectivity index (χ2n) is 2.57. The molecule has 1 rings (SSSR count). The molecule has 3 nitrogen and oxygen atoms in total. The number of hydrogen-bond donors (Lipinski definition) is 1. The maximum absolute atomic E-state index is 12.5. The molecule has 0 atom stereocenters. The Morgan fingerprint density at radius 3 is 2.85 bits per heavy atom. The van der Waals surface area contributed by atoms with Crippen molar-refractivity contribution < 1.29 is 19.0 Å². The van der Waals surface area contributed by atoms with Crippen molar-refractivity contribution in [1.29, 1.82) is 0 Å². The standard InChI is InChI=1S/C9H9FO3/c1-6(11)13-5-7-2-3-8(10)9(12)4-7/h2-4,12H,5H2,1H3. The van der Waals surface area contributed by atoms with Gasteiger partial charge in [-0.05, 0) is 17.7 Å². The molecular weight excluding hydrogens is 175 g/mol. The zero-order valence-corrected chi connectivity index (χ0v) is 7.08. The number of phenols is 1. The summed E-state index contributed by atoms with van der Waals surface area (Å²) >= 11 is 0. The summed E-state index contributed by atoms with van der Waals surface area (Å²) in [4.78, 5) is 10.4. The Kier molecular flexibility index (Phi) is 2.84. The van der Waals surface area contributed by atoms with E-state index < -0.39 is 17.5 Å². The summed E-state index contributed by atoms with van der Waals surface area (Å²) in [5.41, 5.74) is 0.550. The van der Waals surface area contributed by atoms with Gasteiger partial charge in [-0.25, -0.2) is 4.39 Å². The van der Waals surface area contributed by atoms with E-state index in [4.69, 9.17) is 5.11 Å². The van der Waals surface area contributed by atoms with Crippen LogP contribution in [0.15, 0.2) is 18.2 Å². The third-order valence-electron chi connectivity index (χ3n) is 1.45. The number of halogens is 1. The molecule has 1 aromatic rings. The van der Waals surface area contributed by atoms with E-state index in [1.54, 1.807) is 0 Å². The average molecular weight is 184 g/mol.